The van der Waals surface area contributed by atoms with Gasteiger partial charge in [0.1, 0.15) is 0 Å². The molecule has 0 bridgehead atoms. The highest BCUT2D eigenvalue weighted by molar-refractivity contribution is 4.74. The average molecular weight is 283 g/mol. The van der Waals surface area contributed by atoms with Crippen LogP contribution in [0, 0.1) is 0 Å². The van der Waals surface area contributed by atoms with E-state index in [1.54, 1.807) is 6.20 Å². The summed E-state index contributed by atoms with van der Waals surface area (Å²) in [6.07, 6.45) is 23.7. The third kappa shape index (κ3) is 17.5. The van der Waals surface area contributed by atoms with Gasteiger partial charge in [0.15, 0.2) is 0 Å². The number of allylic oxidation sites excluding steroid dienone is 1. The summed E-state index contributed by atoms with van der Waals surface area (Å²) in [6, 6.07) is 0. The lowest BCUT2D eigenvalue weighted by Gasteiger charge is -2.03. The van der Waals surface area contributed by atoms with Gasteiger partial charge < -0.3 is 10.8 Å². The largest absolute Gasteiger partial charge is 0.405 e. The molecule has 0 atom stereocenters. The van der Waals surface area contributed by atoms with Crippen molar-refractivity contribution < 1.29 is 5.11 Å². The minimum Gasteiger partial charge on any atom is -0.405 e. The van der Waals surface area contributed by atoms with Crippen molar-refractivity contribution in [3.63, 3.8) is 0 Å². The first-order chi connectivity index (χ1) is 9.91. The van der Waals surface area contributed by atoms with Gasteiger partial charge in [-0.1, -0.05) is 83.1 Å². The van der Waals surface area contributed by atoms with Gasteiger partial charge in [0.2, 0.25) is 0 Å². The van der Waals surface area contributed by atoms with Gasteiger partial charge in [0.25, 0.3) is 0 Å². The van der Waals surface area contributed by atoms with Crippen LogP contribution in [-0.4, -0.2) is 11.7 Å². The molecule has 0 aromatic heterocycles. The van der Waals surface area contributed by atoms with Gasteiger partial charge in [-0.15, -0.1) is 0 Å². The van der Waals surface area contributed by atoms with Crippen LogP contribution in [0.5, 0.6) is 0 Å². The summed E-state index contributed by atoms with van der Waals surface area (Å²) in [5.74, 6) is 0. The second kappa shape index (κ2) is 18.5. The van der Waals surface area contributed by atoms with E-state index >= 15 is 0 Å². The maximum atomic E-state index is 8.67. The Labute approximate surface area is 126 Å². The Morgan fingerprint density at radius 2 is 0.900 bits per heavy atom. The van der Waals surface area contributed by atoms with Gasteiger partial charge in [-0.25, -0.2) is 0 Å². The number of hydrogen-bond acceptors (Lipinski definition) is 2. The molecule has 0 radical (unpaired) electrons. The van der Waals surface area contributed by atoms with Crippen LogP contribution in [0.1, 0.15) is 96.3 Å². The zero-order chi connectivity index (χ0) is 14.7. The number of unbranched alkanes of at least 4 members (excludes halogenated alkanes) is 14. The average Bonchev–Trinajstić information content (AvgIpc) is 2.47. The lowest BCUT2D eigenvalue weighted by Crippen LogP contribution is -1.85. The Balaban J connectivity index is 2.92. The van der Waals surface area contributed by atoms with Crippen LogP contribution >= 0.6 is 0 Å². The van der Waals surface area contributed by atoms with Crippen LogP contribution in [0.2, 0.25) is 0 Å². The third-order valence-corrected chi connectivity index (χ3v) is 3.91. The summed E-state index contributed by atoms with van der Waals surface area (Å²) in [5, 5.41) is 8.67. The van der Waals surface area contributed by atoms with E-state index in [9.17, 15) is 0 Å². The molecule has 0 spiro atoms. The third-order valence-electron chi connectivity index (χ3n) is 3.91. The van der Waals surface area contributed by atoms with Crippen molar-refractivity contribution in [1.82, 2.24) is 0 Å². The first-order valence-corrected chi connectivity index (χ1v) is 8.89. The molecule has 0 unspecified atom stereocenters. The summed E-state index contributed by atoms with van der Waals surface area (Å²) >= 11 is 0. The van der Waals surface area contributed by atoms with E-state index in [2.05, 4.69) is 6.08 Å². The predicted molar refractivity (Wildman–Crippen MR) is 89.7 cm³/mol. The van der Waals surface area contributed by atoms with E-state index in [1.807, 2.05) is 0 Å². The monoisotopic (exact) mass is 283 g/mol. The van der Waals surface area contributed by atoms with Crippen LogP contribution in [0.4, 0.5) is 0 Å². The fourth-order valence-electron chi connectivity index (χ4n) is 2.59. The summed E-state index contributed by atoms with van der Waals surface area (Å²) in [7, 11) is 0. The first-order valence-electron chi connectivity index (χ1n) is 8.89. The molecule has 0 aromatic rings. The van der Waals surface area contributed by atoms with Gasteiger partial charge in [0, 0.05) is 6.61 Å². The molecule has 0 aromatic carbocycles. The smallest absolute Gasteiger partial charge is 0.0431 e. The second-order valence-electron chi connectivity index (χ2n) is 5.89. The summed E-state index contributed by atoms with van der Waals surface area (Å²) in [5.41, 5.74) is 5.30. The zero-order valence-electron chi connectivity index (χ0n) is 13.5. The number of rotatable bonds is 16. The Morgan fingerprint density at radius 3 is 1.25 bits per heavy atom. The van der Waals surface area contributed by atoms with Crippen LogP contribution in [0.15, 0.2) is 12.3 Å². The van der Waals surface area contributed by atoms with E-state index in [-0.39, 0.29) is 0 Å². The Kier molecular flexibility index (Phi) is 18.0. The molecule has 20 heavy (non-hydrogen) atoms. The molecule has 120 valence electrons. The highest BCUT2D eigenvalue weighted by Crippen LogP contribution is 2.13. The molecule has 0 aliphatic heterocycles. The van der Waals surface area contributed by atoms with Gasteiger partial charge >= 0.3 is 0 Å². The minimum atomic E-state index is 0.365. The Bertz CT molecular complexity index is 192. The van der Waals surface area contributed by atoms with E-state index in [0.29, 0.717) is 6.61 Å². The SMILES string of the molecule is NC=CCCCCCCCCCCCCCCCCO. The first kappa shape index (κ1) is 19.5. The van der Waals surface area contributed by atoms with Crippen molar-refractivity contribution in [2.24, 2.45) is 5.73 Å². The number of aliphatic hydroxyl groups excluding tert-OH is 1. The molecular weight excluding hydrogens is 246 g/mol. The minimum absolute atomic E-state index is 0.365. The lowest BCUT2D eigenvalue weighted by molar-refractivity contribution is 0.282. The molecule has 2 nitrogen and oxygen atoms in total. The molecular formula is C18H37NO. The van der Waals surface area contributed by atoms with Crippen molar-refractivity contribution in [2.45, 2.75) is 96.3 Å². The Hall–Kier alpha value is -0.500. The van der Waals surface area contributed by atoms with Crippen LogP contribution < -0.4 is 5.73 Å². The van der Waals surface area contributed by atoms with Gasteiger partial charge in [0.05, 0.1) is 0 Å². The molecule has 0 saturated heterocycles. The summed E-state index contributed by atoms with van der Waals surface area (Å²) in [6.45, 7) is 0.365. The highest BCUT2D eigenvalue weighted by Gasteiger charge is 1.94. The van der Waals surface area contributed by atoms with Crippen molar-refractivity contribution in [3.05, 3.63) is 12.3 Å². The maximum Gasteiger partial charge on any atom is 0.0431 e. The molecule has 0 rings (SSSR count). The molecule has 0 heterocycles. The Morgan fingerprint density at radius 1 is 0.550 bits per heavy atom. The highest BCUT2D eigenvalue weighted by atomic mass is 16.2. The van der Waals surface area contributed by atoms with Crippen molar-refractivity contribution in [1.29, 1.82) is 0 Å². The van der Waals surface area contributed by atoms with Gasteiger partial charge in [-0.3, -0.25) is 0 Å². The van der Waals surface area contributed by atoms with E-state index in [0.717, 1.165) is 12.8 Å². The summed E-state index contributed by atoms with van der Waals surface area (Å²) in [4.78, 5) is 0. The van der Waals surface area contributed by atoms with Crippen molar-refractivity contribution in [3.8, 4) is 0 Å². The number of aliphatic hydroxyl groups is 1. The van der Waals surface area contributed by atoms with Crippen LogP contribution in [0.25, 0.3) is 0 Å². The topological polar surface area (TPSA) is 46.2 Å². The number of hydrogen-bond donors (Lipinski definition) is 2. The molecule has 0 fully saturated rings. The molecule has 0 saturated carbocycles. The second-order valence-corrected chi connectivity index (χ2v) is 5.89. The molecule has 3 N–H and O–H groups in total. The van der Waals surface area contributed by atoms with Crippen LogP contribution in [-0.2, 0) is 0 Å². The van der Waals surface area contributed by atoms with Gasteiger partial charge in [-0.05, 0) is 25.5 Å². The van der Waals surface area contributed by atoms with Crippen molar-refractivity contribution in [2.75, 3.05) is 6.61 Å². The summed E-state index contributed by atoms with van der Waals surface area (Å²) < 4.78 is 0. The maximum absolute atomic E-state index is 8.67. The standard InChI is InChI=1S/C18H37NO/c19-17-15-13-11-9-7-5-3-1-2-4-6-8-10-12-14-16-18-20/h15,17,20H,1-14,16,18-19H2. The lowest BCUT2D eigenvalue weighted by atomic mass is 10.0. The molecule has 0 aliphatic rings. The van der Waals surface area contributed by atoms with Crippen LogP contribution in [0.3, 0.4) is 0 Å². The van der Waals surface area contributed by atoms with Gasteiger partial charge in [-0.2, -0.15) is 0 Å². The zero-order valence-corrected chi connectivity index (χ0v) is 13.5. The molecule has 0 amide bonds. The normalized spacial score (nSPS) is 11.4. The fraction of sp³-hybridized carbons (Fsp3) is 0.889. The number of nitrogens with two attached hydrogens (primary N) is 1. The van der Waals surface area contributed by atoms with E-state index in [4.69, 9.17) is 10.8 Å². The molecule has 2 heteroatoms. The predicted octanol–water partition coefficient (Wildman–Crippen LogP) is 5.30. The van der Waals surface area contributed by atoms with E-state index < -0.39 is 0 Å². The van der Waals surface area contributed by atoms with E-state index in [1.165, 1.54) is 83.5 Å². The van der Waals surface area contributed by atoms with Crippen molar-refractivity contribution >= 4 is 0 Å². The fourth-order valence-corrected chi connectivity index (χ4v) is 2.59. The quantitative estimate of drug-likeness (QED) is 0.377. The molecule has 0 aliphatic carbocycles.